The minimum Gasteiger partial charge on any atom is -0.338 e. The Morgan fingerprint density at radius 3 is 2.47 bits per heavy atom. The zero-order chi connectivity index (χ0) is 20.3. The van der Waals surface area contributed by atoms with Crippen LogP contribution in [-0.2, 0) is 24.3 Å². The number of aryl methyl sites for hydroxylation is 1. The number of fused-ring (bicyclic) bond motifs is 2. The van der Waals surface area contributed by atoms with Crippen molar-refractivity contribution in [1.82, 2.24) is 14.7 Å². The second-order valence-corrected chi connectivity index (χ2v) is 7.89. The van der Waals surface area contributed by atoms with Crippen LogP contribution in [0.5, 0.6) is 0 Å². The van der Waals surface area contributed by atoms with Crippen LogP contribution in [0, 0.1) is 0 Å². The number of rotatable bonds is 5. The second kappa shape index (κ2) is 8.15. The summed E-state index contributed by atoms with van der Waals surface area (Å²) in [5, 5.41) is 6.05. The van der Waals surface area contributed by atoms with Crippen molar-refractivity contribution in [2.45, 2.75) is 32.4 Å². The molecule has 0 saturated heterocycles. The van der Waals surface area contributed by atoms with Crippen molar-refractivity contribution >= 4 is 16.8 Å². The van der Waals surface area contributed by atoms with Crippen LogP contribution in [0.15, 0.2) is 78.9 Å². The quantitative estimate of drug-likeness (QED) is 0.473. The monoisotopic (exact) mass is 395 g/mol. The summed E-state index contributed by atoms with van der Waals surface area (Å²) >= 11 is 0. The van der Waals surface area contributed by atoms with E-state index in [1.165, 1.54) is 11.1 Å². The van der Waals surface area contributed by atoms with Crippen molar-refractivity contribution in [2.75, 3.05) is 6.54 Å². The van der Waals surface area contributed by atoms with Gasteiger partial charge >= 0.3 is 0 Å². The van der Waals surface area contributed by atoms with Gasteiger partial charge in [-0.25, -0.2) is 0 Å². The van der Waals surface area contributed by atoms with Gasteiger partial charge in [0.05, 0.1) is 5.52 Å². The first kappa shape index (κ1) is 18.6. The van der Waals surface area contributed by atoms with Crippen molar-refractivity contribution in [3.8, 4) is 11.3 Å². The van der Waals surface area contributed by atoms with E-state index >= 15 is 0 Å². The van der Waals surface area contributed by atoms with Gasteiger partial charge in [-0.05, 0) is 30.0 Å². The first-order valence-corrected chi connectivity index (χ1v) is 10.6. The van der Waals surface area contributed by atoms with E-state index < -0.39 is 0 Å². The van der Waals surface area contributed by atoms with E-state index in [9.17, 15) is 4.79 Å². The SMILES string of the molecule is O=C(CCCn1nc(-c2ccccc2)c2ccccc21)N1CCc2ccccc2C1. The molecular weight excluding hydrogens is 370 g/mol. The standard InChI is InChI=1S/C26H25N3O/c30-25(28-18-16-20-9-4-5-12-22(20)19-28)15-8-17-29-24-14-7-6-13-23(24)26(27-29)21-10-2-1-3-11-21/h1-7,9-14H,8,15-19H2. The summed E-state index contributed by atoms with van der Waals surface area (Å²) in [6, 6.07) is 27.1. The van der Waals surface area contributed by atoms with Gasteiger partial charge in [-0.2, -0.15) is 5.10 Å². The lowest BCUT2D eigenvalue weighted by molar-refractivity contribution is -0.132. The van der Waals surface area contributed by atoms with Crippen LogP contribution in [0.3, 0.4) is 0 Å². The number of hydrogen-bond acceptors (Lipinski definition) is 2. The molecule has 1 aliphatic rings. The predicted molar refractivity (Wildman–Crippen MR) is 120 cm³/mol. The highest BCUT2D eigenvalue weighted by atomic mass is 16.2. The Morgan fingerprint density at radius 1 is 0.867 bits per heavy atom. The van der Waals surface area contributed by atoms with Gasteiger partial charge in [0.1, 0.15) is 5.69 Å². The van der Waals surface area contributed by atoms with Crippen LogP contribution in [0.2, 0.25) is 0 Å². The largest absolute Gasteiger partial charge is 0.338 e. The van der Waals surface area contributed by atoms with E-state index in [1.54, 1.807) is 0 Å². The van der Waals surface area contributed by atoms with Crippen LogP contribution in [0.25, 0.3) is 22.2 Å². The maximum atomic E-state index is 12.8. The number of amides is 1. The van der Waals surface area contributed by atoms with Gasteiger partial charge in [-0.1, -0.05) is 72.8 Å². The molecular formula is C26H25N3O. The highest BCUT2D eigenvalue weighted by molar-refractivity contribution is 5.93. The summed E-state index contributed by atoms with van der Waals surface area (Å²) in [5.41, 5.74) is 5.90. The third-order valence-electron chi connectivity index (χ3n) is 5.95. The molecule has 0 saturated carbocycles. The summed E-state index contributed by atoms with van der Waals surface area (Å²) in [5.74, 6) is 0.240. The third kappa shape index (κ3) is 3.61. The Balaban J connectivity index is 1.28. The highest BCUT2D eigenvalue weighted by Gasteiger charge is 2.20. The Morgan fingerprint density at radius 2 is 1.60 bits per heavy atom. The van der Waals surface area contributed by atoms with Gasteiger partial charge in [-0.15, -0.1) is 0 Å². The van der Waals surface area contributed by atoms with E-state index in [2.05, 4.69) is 59.3 Å². The van der Waals surface area contributed by atoms with Crippen molar-refractivity contribution in [3.05, 3.63) is 90.0 Å². The molecule has 2 heterocycles. The van der Waals surface area contributed by atoms with E-state index in [0.717, 1.165) is 54.6 Å². The van der Waals surface area contributed by atoms with Gasteiger partial charge in [0.2, 0.25) is 5.91 Å². The molecule has 0 fully saturated rings. The maximum Gasteiger partial charge on any atom is 0.222 e. The third-order valence-corrected chi connectivity index (χ3v) is 5.95. The van der Waals surface area contributed by atoms with E-state index in [-0.39, 0.29) is 5.91 Å². The average molecular weight is 396 g/mol. The molecule has 0 atom stereocenters. The Labute approximate surface area is 176 Å². The average Bonchev–Trinajstić information content (AvgIpc) is 3.18. The molecule has 4 nitrogen and oxygen atoms in total. The minimum absolute atomic E-state index is 0.240. The molecule has 0 unspecified atom stereocenters. The normalized spacial score (nSPS) is 13.4. The zero-order valence-corrected chi connectivity index (χ0v) is 17.0. The molecule has 0 bridgehead atoms. The van der Waals surface area contributed by atoms with E-state index in [1.807, 2.05) is 29.2 Å². The molecule has 1 amide bonds. The van der Waals surface area contributed by atoms with Gasteiger partial charge in [0.15, 0.2) is 0 Å². The number of carbonyl (C=O) groups is 1. The lowest BCUT2D eigenvalue weighted by Gasteiger charge is -2.29. The molecule has 5 rings (SSSR count). The first-order valence-electron chi connectivity index (χ1n) is 10.6. The number of aromatic nitrogens is 2. The van der Waals surface area contributed by atoms with Crippen LogP contribution in [-0.4, -0.2) is 27.1 Å². The molecule has 4 aromatic rings. The molecule has 0 N–H and O–H groups in total. The first-order chi connectivity index (χ1) is 14.8. The Bertz CT molecular complexity index is 1180. The fraction of sp³-hybridized carbons (Fsp3) is 0.231. The molecule has 4 heteroatoms. The molecule has 0 radical (unpaired) electrons. The van der Waals surface area contributed by atoms with Gasteiger partial charge in [0, 0.05) is 37.0 Å². The summed E-state index contributed by atoms with van der Waals surface area (Å²) in [6.07, 6.45) is 2.29. The van der Waals surface area contributed by atoms with Crippen LogP contribution < -0.4 is 0 Å². The topological polar surface area (TPSA) is 38.1 Å². The molecule has 0 spiro atoms. The fourth-order valence-electron chi connectivity index (χ4n) is 4.35. The van der Waals surface area contributed by atoms with Crippen LogP contribution in [0.4, 0.5) is 0 Å². The number of carbonyl (C=O) groups excluding carboxylic acids is 1. The number of para-hydroxylation sites is 1. The molecule has 1 aliphatic heterocycles. The summed E-state index contributed by atoms with van der Waals surface area (Å²) in [6.45, 7) is 2.29. The number of hydrogen-bond donors (Lipinski definition) is 0. The minimum atomic E-state index is 0.240. The molecule has 1 aromatic heterocycles. The number of benzene rings is 3. The molecule has 150 valence electrons. The van der Waals surface area contributed by atoms with Gasteiger partial charge in [0.25, 0.3) is 0 Å². The smallest absolute Gasteiger partial charge is 0.222 e. The summed E-state index contributed by atoms with van der Waals surface area (Å²) in [7, 11) is 0. The summed E-state index contributed by atoms with van der Waals surface area (Å²) < 4.78 is 2.05. The predicted octanol–water partition coefficient (Wildman–Crippen LogP) is 5.07. The lowest BCUT2D eigenvalue weighted by Crippen LogP contribution is -2.35. The summed E-state index contributed by atoms with van der Waals surface area (Å²) in [4.78, 5) is 14.8. The van der Waals surface area contributed by atoms with Gasteiger partial charge < -0.3 is 4.90 Å². The van der Waals surface area contributed by atoms with E-state index in [4.69, 9.17) is 5.10 Å². The fourth-order valence-corrected chi connectivity index (χ4v) is 4.35. The van der Waals surface area contributed by atoms with Crippen molar-refractivity contribution in [1.29, 1.82) is 0 Å². The highest BCUT2D eigenvalue weighted by Crippen LogP contribution is 2.28. The van der Waals surface area contributed by atoms with E-state index in [0.29, 0.717) is 6.42 Å². The Kier molecular flexibility index (Phi) is 5.06. The van der Waals surface area contributed by atoms with Gasteiger partial charge in [-0.3, -0.25) is 9.48 Å². The van der Waals surface area contributed by atoms with Crippen LogP contribution in [0.1, 0.15) is 24.0 Å². The van der Waals surface area contributed by atoms with Crippen molar-refractivity contribution < 1.29 is 4.79 Å². The maximum absolute atomic E-state index is 12.8. The van der Waals surface area contributed by atoms with Crippen molar-refractivity contribution in [2.24, 2.45) is 0 Å². The molecule has 30 heavy (non-hydrogen) atoms. The Hall–Kier alpha value is -3.40. The van der Waals surface area contributed by atoms with Crippen molar-refractivity contribution in [3.63, 3.8) is 0 Å². The van der Waals surface area contributed by atoms with Crippen LogP contribution >= 0.6 is 0 Å². The molecule has 0 aliphatic carbocycles. The number of nitrogens with zero attached hydrogens (tertiary/aromatic N) is 3. The lowest BCUT2D eigenvalue weighted by atomic mass is 9.99. The second-order valence-electron chi connectivity index (χ2n) is 7.89. The molecule has 3 aromatic carbocycles. The zero-order valence-electron chi connectivity index (χ0n) is 17.0.